The van der Waals surface area contributed by atoms with Gasteiger partial charge in [-0.3, -0.25) is 4.79 Å². The molecule has 0 unspecified atom stereocenters. The van der Waals surface area contributed by atoms with Gasteiger partial charge in [-0.1, -0.05) is 6.07 Å². The zero-order valence-electron chi connectivity index (χ0n) is 10.0. The quantitative estimate of drug-likeness (QED) is 0.775. The SMILES string of the molecule is COC(=O)CCC1(c2ccc(F)c(F)c2)COC1. The summed E-state index contributed by atoms with van der Waals surface area (Å²) in [4.78, 5) is 11.2. The molecule has 1 aromatic rings. The number of esters is 1. The van der Waals surface area contributed by atoms with Crippen molar-refractivity contribution in [1.29, 1.82) is 0 Å². The number of hydrogen-bond donors (Lipinski definition) is 0. The number of hydrogen-bond acceptors (Lipinski definition) is 3. The van der Waals surface area contributed by atoms with Crippen LogP contribution < -0.4 is 0 Å². The maximum atomic E-state index is 13.2. The molecule has 1 saturated heterocycles. The summed E-state index contributed by atoms with van der Waals surface area (Å²) in [6.45, 7) is 0.824. The van der Waals surface area contributed by atoms with Crippen LogP contribution >= 0.6 is 0 Å². The summed E-state index contributed by atoms with van der Waals surface area (Å²) in [5, 5.41) is 0. The maximum Gasteiger partial charge on any atom is 0.305 e. The highest BCUT2D eigenvalue weighted by Gasteiger charge is 2.40. The molecule has 2 rings (SSSR count). The molecule has 0 atom stereocenters. The fraction of sp³-hybridized carbons (Fsp3) is 0.462. The van der Waals surface area contributed by atoms with E-state index in [1.807, 2.05) is 0 Å². The van der Waals surface area contributed by atoms with Gasteiger partial charge in [-0.25, -0.2) is 8.78 Å². The fourth-order valence-electron chi connectivity index (χ4n) is 2.07. The van der Waals surface area contributed by atoms with Crippen LogP contribution in [0.25, 0.3) is 0 Å². The topological polar surface area (TPSA) is 35.5 Å². The standard InChI is InChI=1S/C13H14F2O3/c1-17-12(16)4-5-13(7-18-8-13)9-2-3-10(14)11(15)6-9/h2-3,6H,4-5,7-8H2,1H3. The van der Waals surface area contributed by atoms with Crippen LogP contribution in [0.5, 0.6) is 0 Å². The van der Waals surface area contributed by atoms with Crippen LogP contribution in [-0.4, -0.2) is 26.3 Å². The molecular formula is C13H14F2O3. The first-order valence-electron chi connectivity index (χ1n) is 5.67. The molecule has 1 heterocycles. The van der Waals surface area contributed by atoms with Gasteiger partial charge in [0.25, 0.3) is 0 Å². The van der Waals surface area contributed by atoms with E-state index in [0.29, 0.717) is 25.2 Å². The third-order valence-corrected chi connectivity index (χ3v) is 3.32. The Labute approximate surface area is 104 Å². The molecule has 3 nitrogen and oxygen atoms in total. The van der Waals surface area contributed by atoms with Gasteiger partial charge in [0.1, 0.15) is 0 Å². The van der Waals surface area contributed by atoms with Gasteiger partial charge in [-0.15, -0.1) is 0 Å². The Hall–Kier alpha value is -1.49. The first-order valence-corrected chi connectivity index (χ1v) is 5.67. The van der Waals surface area contributed by atoms with Crippen LogP contribution in [0.3, 0.4) is 0 Å². The van der Waals surface area contributed by atoms with Crippen molar-refractivity contribution in [3.63, 3.8) is 0 Å². The second kappa shape index (κ2) is 5.02. The Morgan fingerprint density at radius 1 is 1.39 bits per heavy atom. The number of ether oxygens (including phenoxy) is 2. The molecule has 0 aromatic heterocycles. The van der Waals surface area contributed by atoms with Crippen molar-refractivity contribution in [2.24, 2.45) is 0 Å². The molecule has 18 heavy (non-hydrogen) atoms. The van der Waals surface area contributed by atoms with Crippen molar-refractivity contribution in [1.82, 2.24) is 0 Å². The van der Waals surface area contributed by atoms with Gasteiger partial charge in [-0.2, -0.15) is 0 Å². The van der Waals surface area contributed by atoms with E-state index in [0.717, 1.165) is 6.07 Å². The fourth-order valence-corrected chi connectivity index (χ4v) is 2.07. The van der Waals surface area contributed by atoms with E-state index in [2.05, 4.69) is 4.74 Å². The van der Waals surface area contributed by atoms with Gasteiger partial charge in [0.05, 0.1) is 20.3 Å². The Morgan fingerprint density at radius 3 is 2.61 bits per heavy atom. The molecule has 1 aliphatic rings. The molecule has 0 spiro atoms. The highest BCUT2D eigenvalue weighted by atomic mass is 19.2. The average Bonchev–Trinajstić information content (AvgIpc) is 2.31. The molecule has 5 heteroatoms. The van der Waals surface area contributed by atoms with Crippen LogP contribution in [0.1, 0.15) is 18.4 Å². The van der Waals surface area contributed by atoms with E-state index in [1.165, 1.54) is 19.2 Å². The van der Waals surface area contributed by atoms with Crippen molar-refractivity contribution in [2.45, 2.75) is 18.3 Å². The van der Waals surface area contributed by atoms with E-state index < -0.39 is 17.0 Å². The van der Waals surface area contributed by atoms with Crippen molar-refractivity contribution in [3.05, 3.63) is 35.4 Å². The summed E-state index contributed by atoms with van der Waals surface area (Å²) < 4.78 is 35.9. The molecule has 1 aromatic carbocycles. The second-order valence-electron chi connectivity index (χ2n) is 4.48. The molecule has 1 fully saturated rings. The van der Waals surface area contributed by atoms with E-state index in [9.17, 15) is 13.6 Å². The zero-order chi connectivity index (χ0) is 13.2. The summed E-state index contributed by atoms with van der Waals surface area (Å²) >= 11 is 0. The Kier molecular flexibility index (Phi) is 3.61. The monoisotopic (exact) mass is 256 g/mol. The molecule has 1 aliphatic heterocycles. The Balaban J connectivity index is 2.16. The van der Waals surface area contributed by atoms with E-state index >= 15 is 0 Å². The number of carbonyl (C=O) groups excluding carboxylic acids is 1. The zero-order valence-corrected chi connectivity index (χ0v) is 10.0. The predicted octanol–water partition coefficient (Wildman–Crippen LogP) is 2.19. The molecule has 0 radical (unpaired) electrons. The minimum atomic E-state index is -0.878. The predicted molar refractivity (Wildman–Crippen MR) is 60.1 cm³/mol. The lowest BCUT2D eigenvalue weighted by Crippen LogP contribution is -2.47. The highest BCUT2D eigenvalue weighted by molar-refractivity contribution is 5.69. The Bertz CT molecular complexity index is 456. The van der Waals surface area contributed by atoms with Gasteiger partial charge < -0.3 is 9.47 Å². The van der Waals surface area contributed by atoms with Crippen molar-refractivity contribution < 1.29 is 23.0 Å². The maximum absolute atomic E-state index is 13.2. The normalized spacial score (nSPS) is 17.1. The highest BCUT2D eigenvalue weighted by Crippen LogP contribution is 2.37. The van der Waals surface area contributed by atoms with Gasteiger partial charge in [-0.05, 0) is 24.1 Å². The molecule has 98 valence electrons. The van der Waals surface area contributed by atoms with Crippen LogP contribution in [-0.2, 0) is 19.7 Å². The first kappa shape index (κ1) is 13.0. The molecule has 0 bridgehead atoms. The average molecular weight is 256 g/mol. The van der Waals surface area contributed by atoms with Crippen LogP contribution in [0, 0.1) is 11.6 Å². The largest absolute Gasteiger partial charge is 0.469 e. The lowest BCUT2D eigenvalue weighted by Gasteiger charge is -2.42. The smallest absolute Gasteiger partial charge is 0.305 e. The number of rotatable bonds is 4. The van der Waals surface area contributed by atoms with E-state index in [4.69, 9.17) is 4.74 Å². The number of halogens is 2. The first-order chi connectivity index (χ1) is 8.57. The molecule has 0 saturated carbocycles. The van der Waals surface area contributed by atoms with Gasteiger partial charge >= 0.3 is 5.97 Å². The number of carbonyl (C=O) groups is 1. The molecular weight excluding hydrogens is 242 g/mol. The van der Waals surface area contributed by atoms with Crippen LogP contribution in [0.4, 0.5) is 8.78 Å². The van der Waals surface area contributed by atoms with E-state index in [1.54, 1.807) is 0 Å². The lowest BCUT2D eigenvalue weighted by molar-refractivity contribution is -0.142. The number of methoxy groups -OCH3 is 1. The molecule has 0 N–H and O–H groups in total. The molecule has 0 amide bonds. The number of benzene rings is 1. The summed E-state index contributed by atoms with van der Waals surface area (Å²) in [6, 6.07) is 3.82. The van der Waals surface area contributed by atoms with Crippen molar-refractivity contribution >= 4 is 5.97 Å². The second-order valence-corrected chi connectivity index (χ2v) is 4.48. The third-order valence-electron chi connectivity index (χ3n) is 3.32. The van der Waals surface area contributed by atoms with Crippen LogP contribution in [0.15, 0.2) is 18.2 Å². The van der Waals surface area contributed by atoms with E-state index in [-0.39, 0.29) is 12.4 Å². The van der Waals surface area contributed by atoms with Gasteiger partial charge in [0.2, 0.25) is 0 Å². The third kappa shape index (κ3) is 2.36. The summed E-state index contributed by atoms with van der Waals surface area (Å²) in [5.41, 5.74) is 0.263. The van der Waals surface area contributed by atoms with Gasteiger partial charge in [0.15, 0.2) is 11.6 Å². The summed E-state index contributed by atoms with van der Waals surface area (Å²) in [6.07, 6.45) is 0.740. The van der Waals surface area contributed by atoms with Crippen molar-refractivity contribution in [2.75, 3.05) is 20.3 Å². The van der Waals surface area contributed by atoms with Gasteiger partial charge in [0, 0.05) is 11.8 Å². The molecule has 0 aliphatic carbocycles. The van der Waals surface area contributed by atoms with Crippen molar-refractivity contribution in [3.8, 4) is 0 Å². The minimum Gasteiger partial charge on any atom is -0.469 e. The Morgan fingerprint density at radius 2 is 2.11 bits per heavy atom. The van der Waals surface area contributed by atoms with Crippen LogP contribution in [0.2, 0.25) is 0 Å². The summed E-state index contributed by atoms with van der Waals surface area (Å²) in [5.74, 6) is -2.07. The lowest BCUT2D eigenvalue weighted by atomic mass is 9.75. The minimum absolute atomic E-state index is 0.235. The summed E-state index contributed by atoms with van der Waals surface area (Å²) in [7, 11) is 1.32.